The first-order chi connectivity index (χ1) is 9.86. The molecule has 21 heavy (non-hydrogen) atoms. The molecule has 7 heteroatoms. The summed E-state index contributed by atoms with van der Waals surface area (Å²) in [5.74, 6) is -0.172. The van der Waals surface area contributed by atoms with Gasteiger partial charge in [-0.1, -0.05) is 17.7 Å². The third kappa shape index (κ3) is 2.52. The van der Waals surface area contributed by atoms with Crippen LogP contribution in [0.1, 0.15) is 0 Å². The quantitative estimate of drug-likeness (QED) is 0.785. The summed E-state index contributed by atoms with van der Waals surface area (Å²) in [5.41, 5.74) is 1.40. The van der Waals surface area contributed by atoms with Crippen molar-refractivity contribution in [1.82, 2.24) is 9.97 Å². The van der Waals surface area contributed by atoms with Crippen LogP contribution >= 0.6 is 11.6 Å². The van der Waals surface area contributed by atoms with Gasteiger partial charge in [0.25, 0.3) is 0 Å². The van der Waals surface area contributed by atoms with Gasteiger partial charge in [0, 0.05) is 11.8 Å². The highest BCUT2D eigenvalue weighted by atomic mass is 35.5. The van der Waals surface area contributed by atoms with Gasteiger partial charge in [-0.2, -0.15) is 0 Å². The minimum Gasteiger partial charge on any atom is -0.338 e. The van der Waals surface area contributed by atoms with E-state index in [2.05, 4.69) is 9.97 Å². The molecule has 2 aromatic carbocycles. The van der Waals surface area contributed by atoms with Crippen molar-refractivity contribution >= 4 is 32.5 Å². The third-order valence-electron chi connectivity index (χ3n) is 3.07. The van der Waals surface area contributed by atoms with Crippen LogP contribution in [0.4, 0.5) is 4.39 Å². The molecule has 1 heterocycles. The molecule has 0 bridgehead atoms. The van der Waals surface area contributed by atoms with Gasteiger partial charge in [-0.3, -0.25) is 0 Å². The monoisotopic (exact) mass is 324 g/mol. The van der Waals surface area contributed by atoms with E-state index in [0.29, 0.717) is 22.4 Å². The van der Waals surface area contributed by atoms with Crippen molar-refractivity contribution in [2.24, 2.45) is 0 Å². The van der Waals surface area contributed by atoms with E-state index >= 15 is 0 Å². The van der Waals surface area contributed by atoms with Gasteiger partial charge in [0.2, 0.25) is 0 Å². The van der Waals surface area contributed by atoms with Gasteiger partial charge in [0.15, 0.2) is 9.84 Å². The SMILES string of the molecule is CS(=O)(=O)c1cccc2[nH]c(-c3ccc(Cl)c(F)c3)nc12. The summed E-state index contributed by atoms with van der Waals surface area (Å²) in [7, 11) is -3.39. The van der Waals surface area contributed by atoms with Crippen molar-refractivity contribution < 1.29 is 12.8 Å². The van der Waals surface area contributed by atoms with E-state index in [1.165, 1.54) is 18.2 Å². The number of benzene rings is 2. The van der Waals surface area contributed by atoms with Gasteiger partial charge in [0.1, 0.15) is 17.2 Å². The molecule has 0 aliphatic rings. The number of aromatic nitrogens is 2. The molecule has 0 aliphatic heterocycles. The van der Waals surface area contributed by atoms with E-state index in [1.54, 1.807) is 18.2 Å². The Balaban J connectivity index is 2.24. The number of rotatable bonds is 2. The third-order valence-corrected chi connectivity index (χ3v) is 4.50. The second-order valence-corrected chi connectivity index (χ2v) is 7.03. The minimum atomic E-state index is -3.39. The fourth-order valence-electron chi connectivity index (χ4n) is 2.09. The highest BCUT2D eigenvalue weighted by Crippen LogP contribution is 2.27. The molecule has 1 aromatic heterocycles. The smallest absolute Gasteiger partial charge is 0.177 e. The topological polar surface area (TPSA) is 62.8 Å². The second kappa shape index (κ2) is 4.82. The molecule has 0 atom stereocenters. The molecule has 4 nitrogen and oxygen atoms in total. The Hall–Kier alpha value is -1.92. The van der Waals surface area contributed by atoms with E-state index in [1.807, 2.05) is 0 Å². The zero-order valence-electron chi connectivity index (χ0n) is 10.9. The van der Waals surface area contributed by atoms with Crippen LogP contribution in [0, 0.1) is 5.82 Å². The Morgan fingerprint density at radius 3 is 2.67 bits per heavy atom. The lowest BCUT2D eigenvalue weighted by molar-refractivity contribution is 0.602. The van der Waals surface area contributed by atoms with E-state index in [0.717, 1.165) is 6.26 Å². The lowest BCUT2D eigenvalue weighted by atomic mass is 10.2. The molecule has 0 fully saturated rings. The van der Waals surface area contributed by atoms with Crippen LogP contribution in [0.15, 0.2) is 41.3 Å². The Morgan fingerprint density at radius 1 is 1.24 bits per heavy atom. The van der Waals surface area contributed by atoms with Crippen LogP contribution < -0.4 is 0 Å². The molecule has 3 rings (SSSR count). The van der Waals surface area contributed by atoms with E-state index < -0.39 is 15.7 Å². The van der Waals surface area contributed by atoms with Crippen LogP contribution in [0.25, 0.3) is 22.4 Å². The lowest BCUT2D eigenvalue weighted by Gasteiger charge is -1.98. The number of aromatic amines is 1. The van der Waals surface area contributed by atoms with Crippen molar-refractivity contribution in [1.29, 1.82) is 0 Å². The molecule has 0 saturated heterocycles. The van der Waals surface area contributed by atoms with Crippen LogP contribution in [0.3, 0.4) is 0 Å². The number of nitrogens with one attached hydrogen (secondary N) is 1. The fraction of sp³-hybridized carbons (Fsp3) is 0.0714. The average Bonchev–Trinajstić information content (AvgIpc) is 2.84. The Labute approximate surface area is 125 Å². The number of sulfone groups is 1. The fourth-order valence-corrected chi connectivity index (χ4v) is 3.04. The molecule has 0 aliphatic carbocycles. The summed E-state index contributed by atoms with van der Waals surface area (Å²) < 4.78 is 37.0. The summed E-state index contributed by atoms with van der Waals surface area (Å²) in [6.07, 6.45) is 1.12. The molecule has 0 amide bonds. The zero-order valence-corrected chi connectivity index (χ0v) is 12.5. The zero-order chi connectivity index (χ0) is 15.2. The molecular weight excluding hydrogens is 315 g/mol. The summed E-state index contributed by atoms with van der Waals surface area (Å²) in [4.78, 5) is 7.40. The van der Waals surface area contributed by atoms with Crippen molar-refractivity contribution in [3.05, 3.63) is 47.2 Å². The van der Waals surface area contributed by atoms with Crippen molar-refractivity contribution in [3.63, 3.8) is 0 Å². The largest absolute Gasteiger partial charge is 0.338 e. The van der Waals surface area contributed by atoms with E-state index in [9.17, 15) is 12.8 Å². The molecule has 108 valence electrons. The Bertz CT molecular complexity index is 951. The average molecular weight is 325 g/mol. The number of hydrogen-bond acceptors (Lipinski definition) is 3. The van der Waals surface area contributed by atoms with E-state index in [4.69, 9.17) is 11.6 Å². The maximum absolute atomic E-state index is 13.5. The first-order valence-electron chi connectivity index (χ1n) is 6.00. The van der Waals surface area contributed by atoms with Crippen LogP contribution in [0.5, 0.6) is 0 Å². The molecular formula is C14H10ClFN2O2S. The summed E-state index contributed by atoms with van der Waals surface area (Å²) >= 11 is 5.65. The minimum absolute atomic E-state index is 0.0201. The maximum Gasteiger partial charge on any atom is 0.177 e. The Kier molecular flexibility index (Phi) is 3.22. The first-order valence-corrected chi connectivity index (χ1v) is 8.27. The van der Waals surface area contributed by atoms with Crippen LogP contribution in [0.2, 0.25) is 5.02 Å². The normalized spacial score (nSPS) is 12.0. The summed E-state index contributed by atoms with van der Waals surface area (Å²) in [6, 6.07) is 9.13. The molecule has 0 saturated carbocycles. The number of nitrogens with zero attached hydrogens (tertiary/aromatic N) is 1. The number of imidazole rings is 1. The highest BCUT2D eigenvalue weighted by Gasteiger charge is 2.16. The molecule has 1 N–H and O–H groups in total. The maximum atomic E-state index is 13.5. The van der Waals surface area contributed by atoms with Gasteiger partial charge in [0.05, 0.1) is 15.4 Å². The van der Waals surface area contributed by atoms with Crippen LogP contribution in [-0.2, 0) is 9.84 Å². The number of H-pyrrole nitrogens is 1. The van der Waals surface area contributed by atoms with Gasteiger partial charge in [-0.25, -0.2) is 17.8 Å². The van der Waals surface area contributed by atoms with Gasteiger partial charge in [-0.05, 0) is 30.3 Å². The van der Waals surface area contributed by atoms with Crippen molar-refractivity contribution in [3.8, 4) is 11.4 Å². The van der Waals surface area contributed by atoms with Gasteiger partial charge < -0.3 is 4.98 Å². The molecule has 0 unspecified atom stereocenters. The molecule has 0 spiro atoms. The number of halogens is 2. The Morgan fingerprint density at radius 2 is 2.00 bits per heavy atom. The first kappa shape index (κ1) is 14.0. The number of para-hydroxylation sites is 1. The number of fused-ring (bicyclic) bond motifs is 1. The standard InChI is InChI=1S/C14H10ClFN2O2S/c1-21(19,20)12-4-2-3-11-13(12)18-14(17-11)8-5-6-9(15)10(16)7-8/h2-7H,1H3,(H,17,18). The second-order valence-electron chi connectivity index (χ2n) is 4.64. The molecule has 0 radical (unpaired) electrons. The summed E-state index contributed by atoms with van der Waals surface area (Å²) in [5, 5.41) is 0.0201. The predicted molar refractivity (Wildman–Crippen MR) is 79.6 cm³/mol. The van der Waals surface area contributed by atoms with E-state index in [-0.39, 0.29) is 9.92 Å². The van der Waals surface area contributed by atoms with Crippen molar-refractivity contribution in [2.45, 2.75) is 4.90 Å². The predicted octanol–water partition coefficient (Wildman–Crippen LogP) is 3.43. The lowest BCUT2D eigenvalue weighted by Crippen LogP contribution is -1.97. The van der Waals surface area contributed by atoms with Gasteiger partial charge in [-0.15, -0.1) is 0 Å². The summed E-state index contributed by atoms with van der Waals surface area (Å²) in [6.45, 7) is 0. The van der Waals surface area contributed by atoms with Crippen molar-refractivity contribution in [2.75, 3.05) is 6.26 Å². The highest BCUT2D eigenvalue weighted by molar-refractivity contribution is 7.91. The van der Waals surface area contributed by atoms with Gasteiger partial charge >= 0.3 is 0 Å². The number of hydrogen-bond donors (Lipinski definition) is 1. The molecule has 3 aromatic rings. The van der Waals surface area contributed by atoms with Crippen LogP contribution in [-0.4, -0.2) is 24.6 Å².